The number of hydrogen-bond donors (Lipinski definition) is 3. The lowest BCUT2D eigenvalue weighted by Gasteiger charge is -2.29. The SMILES string of the molecule is CC(=O)c1ccc(NC(=O)C2CC(=O)Nc3nc(N4CCCCC4)[nH]c(=O)c32)cc1. The third-order valence-electron chi connectivity index (χ3n) is 5.47. The summed E-state index contributed by atoms with van der Waals surface area (Å²) in [5.74, 6) is -1.31. The standard InChI is InChI=1S/C21H23N5O4/c1-12(27)13-5-7-14(8-6-13)22-19(29)15-11-16(28)23-18-17(15)20(30)25-21(24-18)26-9-3-2-4-10-26/h5-8,15H,2-4,9-11H2,1H3,(H,22,29)(H2,23,24,25,28,30). The third-order valence-corrected chi connectivity index (χ3v) is 5.47. The fourth-order valence-corrected chi connectivity index (χ4v) is 3.86. The quantitative estimate of drug-likeness (QED) is 0.664. The molecule has 2 aliphatic heterocycles. The molecule has 0 spiro atoms. The summed E-state index contributed by atoms with van der Waals surface area (Å²) in [5, 5.41) is 5.36. The maximum Gasteiger partial charge on any atom is 0.258 e. The molecule has 30 heavy (non-hydrogen) atoms. The largest absolute Gasteiger partial charge is 0.342 e. The van der Waals surface area contributed by atoms with E-state index in [4.69, 9.17) is 0 Å². The minimum Gasteiger partial charge on any atom is -0.342 e. The average molecular weight is 409 g/mol. The van der Waals surface area contributed by atoms with Crippen LogP contribution in [0.15, 0.2) is 29.1 Å². The molecular formula is C21H23N5O4. The van der Waals surface area contributed by atoms with Crippen molar-refractivity contribution < 1.29 is 14.4 Å². The lowest BCUT2D eigenvalue weighted by Crippen LogP contribution is -2.38. The van der Waals surface area contributed by atoms with Gasteiger partial charge in [-0.25, -0.2) is 0 Å². The van der Waals surface area contributed by atoms with E-state index in [0.717, 1.165) is 32.4 Å². The molecule has 0 radical (unpaired) electrons. The normalized spacial score (nSPS) is 18.4. The van der Waals surface area contributed by atoms with Gasteiger partial charge in [0.15, 0.2) is 5.78 Å². The molecule has 4 rings (SSSR count). The van der Waals surface area contributed by atoms with Crippen molar-refractivity contribution in [2.24, 2.45) is 0 Å². The van der Waals surface area contributed by atoms with Crippen LogP contribution in [0.2, 0.25) is 0 Å². The molecule has 1 saturated heterocycles. The second-order valence-electron chi connectivity index (χ2n) is 7.63. The highest BCUT2D eigenvalue weighted by atomic mass is 16.2. The second-order valence-corrected chi connectivity index (χ2v) is 7.63. The van der Waals surface area contributed by atoms with Crippen LogP contribution < -0.4 is 21.1 Å². The summed E-state index contributed by atoms with van der Waals surface area (Å²) in [5.41, 5.74) is 0.744. The average Bonchev–Trinajstić information content (AvgIpc) is 2.73. The first-order chi connectivity index (χ1) is 14.4. The van der Waals surface area contributed by atoms with E-state index in [2.05, 4.69) is 20.6 Å². The summed E-state index contributed by atoms with van der Waals surface area (Å²) in [6.45, 7) is 3.04. The number of aromatic amines is 1. The van der Waals surface area contributed by atoms with E-state index >= 15 is 0 Å². The van der Waals surface area contributed by atoms with Crippen LogP contribution in [0.4, 0.5) is 17.5 Å². The number of H-pyrrole nitrogens is 1. The summed E-state index contributed by atoms with van der Waals surface area (Å²) >= 11 is 0. The number of carbonyl (C=O) groups is 3. The van der Waals surface area contributed by atoms with Crippen LogP contribution in [-0.4, -0.2) is 40.7 Å². The van der Waals surface area contributed by atoms with Crippen molar-refractivity contribution in [1.82, 2.24) is 9.97 Å². The Bertz CT molecular complexity index is 1050. The molecule has 2 aromatic rings. The van der Waals surface area contributed by atoms with E-state index in [9.17, 15) is 19.2 Å². The first-order valence-corrected chi connectivity index (χ1v) is 10.0. The highest BCUT2D eigenvalue weighted by molar-refractivity contribution is 6.04. The lowest BCUT2D eigenvalue weighted by molar-refractivity contribution is -0.123. The monoisotopic (exact) mass is 409 g/mol. The van der Waals surface area contributed by atoms with E-state index in [-0.39, 0.29) is 29.5 Å². The molecule has 156 valence electrons. The Morgan fingerprint density at radius 2 is 1.80 bits per heavy atom. The Labute approximate surface area is 172 Å². The molecule has 0 saturated carbocycles. The topological polar surface area (TPSA) is 124 Å². The summed E-state index contributed by atoms with van der Waals surface area (Å²) in [4.78, 5) is 58.5. The Balaban J connectivity index is 1.60. The van der Waals surface area contributed by atoms with E-state index in [1.807, 2.05) is 4.90 Å². The summed E-state index contributed by atoms with van der Waals surface area (Å²) in [6, 6.07) is 6.44. The van der Waals surface area contributed by atoms with Gasteiger partial charge >= 0.3 is 0 Å². The number of ketones is 1. The summed E-state index contributed by atoms with van der Waals surface area (Å²) in [7, 11) is 0. The van der Waals surface area contributed by atoms with Crippen molar-refractivity contribution in [2.75, 3.05) is 28.6 Å². The molecular weight excluding hydrogens is 386 g/mol. The van der Waals surface area contributed by atoms with Crippen molar-refractivity contribution in [3.8, 4) is 0 Å². The van der Waals surface area contributed by atoms with Gasteiger partial charge in [0.25, 0.3) is 5.56 Å². The van der Waals surface area contributed by atoms with Crippen molar-refractivity contribution >= 4 is 35.1 Å². The molecule has 9 nitrogen and oxygen atoms in total. The highest BCUT2D eigenvalue weighted by Gasteiger charge is 2.35. The molecule has 1 aromatic heterocycles. The van der Waals surface area contributed by atoms with Crippen LogP contribution in [-0.2, 0) is 9.59 Å². The Kier molecular flexibility index (Phi) is 5.35. The first-order valence-electron chi connectivity index (χ1n) is 10.0. The zero-order valence-corrected chi connectivity index (χ0v) is 16.7. The predicted molar refractivity (Wildman–Crippen MR) is 112 cm³/mol. The number of hydrogen-bond acceptors (Lipinski definition) is 6. The van der Waals surface area contributed by atoms with Crippen LogP contribution in [0.1, 0.15) is 54.4 Å². The molecule has 1 fully saturated rings. The maximum atomic E-state index is 12.9. The van der Waals surface area contributed by atoms with Gasteiger partial charge in [0.2, 0.25) is 17.8 Å². The number of aromatic nitrogens is 2. The number of piperidine rings is 1. The fourth-order valence-electron chi connectivity index (χ4n) is 3.86. The Morgan fingerprint density at radius 1 is 1.10 bits per heavy atom. The number of anilines is 3. The smallest absolute Gasteiger partial charge is 0.258 e. The van der Waals surface area contributed by atoms with E-state index < -0.39 is 17.4 Å². The van der Waals surface area contributed by atoms with Crippen molar-refractivity contribution in [3.63, 3.8) is 0 Å². The number of nitrogens with zero attached hydrogens (tertiary/aromatic N) is 2. The molecule has 2 amide bonds. The number of nitrogens with one attached hydrogen (secondary N) is 3. The van der Waals surface area contributed by atoms with Gasteiger partial charge in [-0.15, -0.1) is 0 Å². The molecule has 1 unspecified atom stereocenters. The fraction of sp³-hybridized carbons (Fsp3) is 0.381. The van der Waals surface area contributed by atoms with E-state index in [0.29, 0.717) is 17.2 Å². The predicted octanol–water partition coefficient (Wildman–Crippen LogP) is 2.03. The second kappa shape index (κ2) is 8.10. The molecule has 0 bridgehead atoms. The molecule has 0 aliphatic carbocycles. The van der Waals surface area contributed by atoms with Crippen LogP contribution in [0, 0.1) is 0 Å². The van der Waals surface area contributed by atoms with E-state index in [1.165, 1.54) is 6.92 Å². The van der Waals surface area contributed by atoms with Crippen molar-refractivity contribution in [1.29, 1.82) is 0 Å². The van der Waals surface area contributed by atoms with Gasteiger partial charge in [0, 0.05) is 30.8 Å². The maximum absolute atomic E-state index is 12.9. The van der Waals surface area contributed by atoms with Gasteiger partial charge in [0.1, 0.15) is 5.82 Å². The van der Waals surface area contributed by atoms with Crippen molar-refractivity contribution in [3.05, 3.63) is 45.7 Å². The van der Waals surface area contributed by atoms with E-state index in [1.54, 1.807) is 24.3 Å². The molecule has 3 N–H and O–H groups in total. The highest BCUT2D eigenvalue weighted by Crippen LogP contribution is 2.30. The minimum atomic E-state index is -0.951. The zero-order valence-electron chi connectivity index (χ0n) is 16.7. The summed E-state index contributed by atoms with van der Waals surface area (Å²) < 4.78 is 0. The zero-order chi connectivity index (χ0) is 21.3. The van der Waals surface area contributed by atoms with Crippen LogP contribution in [0.5, 0.6) is 0 Å². The number of benzene rings is 1. The number of carbonyl (C=O) groups excluding carboxylic acids is 3. The van der Waals surface area contributed by atoms with Gasteiger partial charge < -0.3 is 15.5 Å². The molecule has 3 heterocycles. The van der Waals surface area contributed by atoms with Gasteiger partial charge in [-0.3, -0.25) is 24.2 Å². The van der Waals surface area contributed by atoms with Crippen LogP contribution in [0.25, 0.3) is 0 Å². The van der Waals surface area contributed by atoms with Crippen LogP contribution in [0.3, 0.4) is 0 Å². The van der Waals surface area contributed by atoms with Gasteiger partial charge in [-0.05, 0) is 50.5 Å². The molecule has 2 aliphatic rings. The Morgan fingerprint density at radius 3 is 2.47 bits per heavy atom. The number of fused-ring (bicyclic) bond motifs is 1. The Hall–Kier alpha value is -3.49. The van der Waals surface area contributed by atoms with Crippen molar-refractivity contribution in [2.45, 2.75) is 38.5 Å². The third kappa shape index (κ3) is 3.96. The lowest BCUT2D eigenvalue weighted by atomic mass is 9.92. The first kappa shape index (κ1) is 19.8. The molecule has 1 aromatic carbocycles. The molecule has 9 heteroatoms. The number of amides is 2. The van der Waals surface area contributed by atoms with Crippen LogP contribution >= 0.6 is 0 Å². The van der Waals surface area contributed by atoms with Gasteiger partial charge in [-0.2, -0.15) is 4.98 Å². The number of Topliss-reactive ketones (excluding diaryl/α,β-unsaturated/α-hetero) is 1. The van der Waals surface area contributed by atoms with Gasteiger partial charge in [-0.1, -0.05) is 0 Å². The summed E-state index contributed by atoms with van der Waals surface area (Å²) in [6.07, 6.45) is 3.03. The number of rotatable bonds is 4. The molecule has 1 atom stereocenters. The minimum absolute atomic E-state index is 0.0760. The van der Waals surface area contributed by atoms with Gasteiger partial charge in [0.05, 0.1) is 11.5 Å².